The molecule has 3 aliphatic heterocycles. The van der Waals surface area contributed by atoms with Gasteiger partial charge in [0.05, 0.1) is 30.2 Å². The first-order chi connectivity index (χ1) is 17.6. The Balaban J connectivity index is 1.31. The van der Waals surface area contributed by atoms with Crippen molar-refractivity contribution in [2.45, 2.75) is 56.6 Å². The lowest BCUT2D eigenvalue weighted by Crippen LogP contribution is -2.62. The van der Waals surface area contributed by atoms with E-state index in [1.54, 1.807) is 4.90 Å². The highest BCUT2D eigenvalue weighted by Gasteiger charge is 2.52. The van der Waals surface area contributed by atoms with Crippen LogP contribution in [0.3, 0.4) is 0 Å². The molecule has 1 N–H and O–H groups in total. The van der Waals surface area contributed by atoms with E-state index >= 15 is 0 Å². The number of likely N-dealkylation sites (tertiary alicyclic amines) is 1. The van der Waals surface area contributed by atoms with Crippen molar-refractivity contribution >= 4 is 34.8 Å². The quantitative estimate of drug-likeness (QED) is 0.715. The van der Waals surface area contributed by atoms with Crippen LogP contribution >= 0.6 is 0 Å². The summed E-state index contributed by atoms with van der Waals surface area (Å²) >= 11 is 0. The molecule has 1 atom stereocenters. The largest absolute Gasteiger partial charge is 0.477 e. The second kappa shape index (κ2) is 9.15. The maximum Gasteiger partial charge on any atom is 0.265 e. The number of fused-ring (bicyclic) bond motifs is 2. The molecule has 1 saturated carbocycles. The van der Waals surface area contributed by atoms with E-state index in [1.165, 1.54) is 0 Å². The molecule has 36 heavy (non-hydrogen) atoms. The smallest absolute Gasteiger partial charge is 0.265 e. The summed E-state index contributed by atoms with van der Waals surface area (Å²) in [6.07, 6.45) is 5.61. The summed E-state index contributed by atoms with van der Waals surface area (Å²) in [5, 5.41) is 3.04. The molecule has 2 aromatic rings. The third-order valence-corrected chi connectivity index (χ3v) is 8.05. The number of ether oxygens (including phenoxy) is 1. The molecular weight excluding hydrogens is 456 g/mol. The second-order valence-electron chi connectivity index (χ2n) is 10.3. The number of benzene rings is 2. The summed E-state index contributed by atoms with van der Waals surface area (Å²) in [5.74, 6) is 0.351. The fraction of sp³-hybridized carbons (Fsp3) is 0.464. The number of carbonyl (C=O) groups excluding carboxylic acids is 3. The van der Waals surface area contributed by atoms with Gasteiger partial charge in [0.15, 0.2) is 6.10 Å². The van der Waals surface area contributed by atoms with Crippen LogP contribution in [-0.2, 0) is 14.4 Å². The average Bonchev–Trinajstić information content (AvgIpc) is 3.39. The molecule has 3 heterocycles. The Bertz CT molecular complexity index is 1190. The minimum absolute atomic E-state index is 0.0170. The standard InChI is InChI=1S/C28H32N4O4/c33-25(32-21-11-3-2-10-20(21)29-27(35)28(32)14-6-7-15-28)19-31-18-24(26(34)30-16-8-1-9-17-30)36-23-13-5-4-12-22(23)31/h2-5,10-13,24H,1,6-9,14-19H2,(H,29,35). The molecule has 1 aliphatic carbocycles. The molecule has 1 unspecified atom stereocenters. The average molecular weight is 489 g/mol. The van der Waals surface area contributed by atoms with Gasteiger partial charge in [-0.2, -0.15) is 0 Å². The van der Waals surface area contributed by atoms with Gasteiger partial charge in [-0.1, -0.05) is 37.1 Å². The SMILES string of the molecule is O=C(C1CN(CC(=O)N2c3ccccc3NC(=O)C23CCCC3)c2ccccc2O1)N1CCCCC1. The Morgan fingerprint density at radius 3 is 2.39 bits per heavy atom. The maximum atomic E-state index is 14.1. The Kier molecular flexibility index (Phi) is 5.82. The Hall–Kier alpha value is -3.55. The number of carbonyl (C=O) groups is 3. The van der Waals surface area contributed by atoms with Crippen LogP contribution in [0.5, 0.6) is 5.75 Å². The van der Waals surface area contributed by atoms with Crippen LogP contribution in [0.4, 0.5) is 17.1 Å². The monoisotopic (exact) mass is 488 g/mol. The minimum atomic E-state index is -0.861. The summed E-state index contributed by atoms with van der Waals surface area (Å²) in [6, 6.07) is 15.1. The first-order valence-corrected chi connectivity index (χ1v) is 13.1. The highest BCUT2D eigenvalue weighted by atomic mass is 16.5. The van der Waals surface area contributed by atoms with Crippen molar-refractivity contribution in [2.24, 2.45) is 0 Å². The van der Waals surface area contributed by atoms with Gasteiger partial charge in [-0.15, -0.1) is 0 Å². The van der Waals surface area contributed by atoms with Gasteiger partial charge in [-0.05, 0) is 56.4 Å². The molecular formula is C28H32N4O4. The van der Waals surface area contributed by atoms with Crippen molar-refractivity contribution in [3.63, 3.8) is 0 Å². The molecule has 0 radical (unpaired) electrons. The zero-order valence-corrected chi connectivity index (χ0v) is 20.4. The van der Waals surface area contributed by atoms with Gasteiger partial charge in [-0.3, -0.25) is 19.3 Å². The van der Waals surface area contributed by atoms with E-state index in [4.69, 9.17) is 4.74 Å². The number of hydrogen-bond donors (Lipinski definition) is 1. The fourth-order valence-corrected chi connectivity index (χ4v) is 6.27. The highest BCUT2D eigenvalue weighted by molar-refractivity contribution is 6.15. The number of nitrogens with zero attached hydrogens (tertiary/aromatic N) is 3. The third-order valence-electron chi connectivity index (χ3n) is 8.05. The van der Waals surface area contributed by atoms with Crippen LogP contribution in [0.1, 0.15) is 44.9 Å². The van der Waals surface area contributed by atoms with Crippen LogP contribution in [0, 0.1) is 0 Å². The van der Waals surface area contributed by atoms with E-state index in [1.807, 2.05) is 58.3 Å². The van der Waals surface area contributed by atoms with Crippen molar-refractivity contribution in [2.75, 3.05) is 41.3 Å². The van der Waals surface area contributed by atoms with Crippen LogP contribution in [0.15, 0.2) is 48.5 Å². The van der Waals surface area contributed by atoms with E-state index in [0.717, 1.165) is 56.6 Å². The van der Waals surface area contributed by atoms with Crippen molar-refractivity contribution in [3.05, 3.63) is 48.5 Å². The lowest BCUT2D eigenvalue weighted by Gasteiger charge is -2.45. The molecule has 2 aromatic carbocycles. The van der Waals surface area contributed by atoms with Crippen molar-refractivity contribution < 1.29 is 19.1 Å². The molecule has 6 rings (SSSR count). The van der Waals surface area contributed by atoms with Crippen molar-refractivity contribution in [1.29, 1.82) is 0 Å². The van der Waals surface area contributed by atoms with E-state index in [2.05, 4.69) is 5.32 Å². The molecule has 1 saturated heterocycles. The van der Waals surface area contributed by atoms with E-state index in [9.17, 15) is 14.4 Å². The highest BCUT2D eigenvalue weighted by Crippen LogP contribution is 2.45. The zero-order valence-electron chi connectivity index (χ0n) is 20.4. The van der Waals surface area contributed by atoms with Gasteiger partial charge in [0, 0.05) is 13.1 Å². The first kappa shape index (κ1) is 22.9. The molecule has 4 aliphatic rings. The van der Waals surface area contributed by atoms with Crippen molar-refractivity contribution in [1.82, 2.24) is 4.90 Å². The topological polar surface area (TPSA) is 82.2 Å². The zero-order chi connectivity index (χ0) is 24.7. The second-order valence-corrected chi connectivity index (χ2v) is 10.3. The molecule has 3 amide bonds. The van der Waals surface area contributed by atoms with Crippen LogP contribution in [0.2, 0.25) is 0 Å². The number of hydrogen-bond acceptors (Lipinski definition) is 5. The molecule has 188 valence electrons. The first-order valence-electron chi connectivity index (χ1n) is 13.1. The number of piperidine rings is 1. The third kappa shape index (κ3) is 3.79. The predicted octanol–water partition coefficient (Wildman–Crippen LogP) is 3.56. The van der Waals surface area contributed by atoms with E-state index < -0.39 is 11.6 Å². The van der Waals surface area contributed by atoms with Crippen LogP contribution in [-0.4, -0.2) is 60.4 Å². The van der Waals surface area contributed by atoms with E-state index in [-0.39, 0.29) is 24.3 Å². The van der Waals surface area contributed by atoms with Crippen LogP contribution in [0.25, 0.3) is 0 Å². The molecule has 8 heteroatoms. The summed E-state index contributed by atoms with van der Waals surface area (Å²) in [4.78, 5) is 46.3. The minimum Gasteiger partial charge on any atom is -0.477 e. The normalized spacial score (nSPS) is 22.5. The number of para-hydroxylation sites is 4. The van der Waals surface area contributed by atoms with Gasteiger partial charge in [0.25, 0.3) is 11.8 Å². The lowest BCUT2D eigenvalue weighted by molar-refractivity contribution is -0.139. The molecule has 1 spiro atoms. The van der Waals surface area contributed by atoms with Gasteiger partial charge >= 0.3 is 0 Å². The van der Waals surface area contributed by atoms with Gasteiger partial charge < -0.3 is 19.9 Å². The van der Waals surface area contributed by atoms with Gasteiger partial charge in [0.1, 0.15) is 11.3 Å². The Morgan fingerprint density at radius 1 is 0.917 bits per heavy atom. The maximum absolute atomic E-state index is 14.1. The molecule has 8 nitrogen and oxygen atoms in total. The summed E-state index contributed by atoms with van der Waals surface area (Å²) in [7, 11) is 0. The number of amides is 3. The molecule has 0 aromatic heterocycles. The van der Waals surface area contributed by atoms with Gasteiger partial charge in [0.2, 0.25) is 5.91 Å². The molecule has 2 fully saturated rings. The number of anilines is 3. The van der Waals surface area contributed by atoms with Crippen LogP contribution < -0.4 is 19.9 Å². The predicted molar refractivity (Wildman–Crippen MR) is 137 cm³/mol. The summed E-state index contributed by atoms with van der Waals surface area (Å²) < 4.78 is 6.15. The van der Waals surface area contributed by atoms with Crippen molar-refractivity contribution in [3.8, 4) is 5.75 Å². The Labute approximate surface area is 211 Å². The Morgan fingerprint density at radius 2 is 1.61 bits per heavy atom. The lowest BCUT2D eigenvalue weighted by atomic mass is 9.89. The number of nitrogens with one attached hydrogen (secondary N) is 1. The van der Waals surface area contributed by atoms with Gasteiger partial charge in [-0.25, -0.2) is 0 Å². The summed E-state index contributed by atoms with van der Waals surface area (Å²) in [6.45, 7) is 1.86. The van der Waals surface area contributed by atoms with E-state index in [0.29, 0.717) is 30.8 Å². The number of rotatable bonds is 3. The molecule has 0 bridgehead atoms. The summed E-state index contributed by atoms with van der Waals surface area (Å²) in [5.41, 5.74) is 1.34. The fourth-order valence-electron chi connectivity index (χ4n) is 6.27.